The molecule has 1 heterocycles. The van der Waals surface area contributed by atoms with Crippen LogP contribution in [0.1, 0.15) is 5.56 Å². The largest absolute Gasteiger partial charge is 0.389 e. The minimum absolute atomic E-state index is 0.0346. The molecule has 0 bridgehead atoms. The van der Waals surface area contributed by atoms with E-state index in [1.54, 1.807) is 0 Å². The minimum Gasteiger partial charge on any atom is -0.389 e. The van der Waals surface area contributed by atoms with E-state index in [9.17, 15) is 17.2 Å². The first-order chi connectivity index (χ1) is 8.82. The van der Waals surface area contributed by atoms with Gasteiger partial charge in [-0.25, -0.2) is 17.2 Å². The van der Waals surface area contributed by atoms with Crippen LogP contribution in [-0.4, -0.2) is 38.0 Å². The Morgan fingerprint density at radius 3 is 2.32 bits per heavy atom. The number of hydrogen-bond acceptors (Lipinski definition) is 4. The van der Waals surface area contributed by atoms with E-state index < -0.39 is 21.5 Å². The molecule has 0 radical (unpaired) electrons. The quantitative estimate of drug-likeness (QED) is 0.820. The van der Waals surface area contributed by atoms with Crippen LogP contribution in [0.2, 0.25) is 0 Å². The lowest BCUT2D eigenvalue weighted by molar-refractivity contribution is 0.504. The molecule has 1 fully saturated rings. The maximum absolute atomic E-state index is 13.9. The van der Waals surface area contributed by atoms with Crippen LogP contribution >= 0.6 is 12.2 Å². The summed E-state index contributed by atoms with van der Waals surface area (Å²) in [5.41, 5.74) is 5.16. The minimum atomic E-state index is -3.07. The number of sulfone groups is 1. The molecule has 2 rings (SSSR count). The van der Waals surface area contributed by atoms with Crippen molar-refractivity contribution < 1.29 is 17.2 Å². The lowest BCUT2D eigenvalue weighted by Crippen LogP contribution is -2.40. The van der Waals surface area contributed by atoms with E-state index in [-0.39, 0.29) is 40.8 Å². The van der Waals surface area contributed by atoms with Crippen molar-refractivity contribution in [1.29, 1.82) is 0 Å². The van der Waals surface area contributed by atoms with E-state index in [2.05, 4.69) is 12.2 Å². The second-order valence-corrected chi connectivity index (χ2v) is 7.01. The topological polar surface area (TPSA) is 63.4 Å². The Kier molecular flexibility index (Phi) is 3.73. The van der Waals surface area contributed by atoms with Crippen LogP contribution in [0.5, 0.6) is 0 Å². The summed E-state index contributed by atoms with van der Waals surface area (Å²) < 4.78 is 50.2. The van der Waals surface area contributed by atoms with E-state index in [4.69, 9.17) is 5.73 Å². The average molecular weight is 306 g/mol. The van der Waals surface area contributed by atoms with E-state index >= 15 is 0 Å². The van der Waals surface area contributed by atoms with Gasteiger partial charge in [0.05, 0.1) is 17.2 Å². The van der Waals surface area contributed by atoms with Gasteiger partial charge in [0.1, 0.15) is 4.99 Å². The molecule has 1 aliphatic heterocycles. The predicted molar refractivity (Wildman–Crippen MR) is 73.1 cm³/mol. The van der Waals surface area contributed by atoms with Crippen molar-refractivity contribution in [1.82, 2.24) is 0 Å². The van der Waals surface area contributed by atoms with E-state index in [0.717, 1.165) is 0 Å². The summed E-state index contributed by atoms with van der Waals surface area (Å²) in [6, 6.07) is 2.67. The van der Waals surface area contributed by atoms with Gasteiger partial charge in [-0.15, -0.1) is 0 Å². The van der Waals surface area contributed by atoms with Gasteiger partial charge in [0.25, 0.3) is 0 Å². The third-order valence-electron chi connectivity index (χ3n) is 3.01. The molecule has 8 heteroatoms. The zero-order valence-corrected chi connectivity index (χ0v) is 11.5. The van der Waals surface area contributed by atoms with Gasteiger partial charge in [-0.1, -0.05) is 12.2 Å². The standard InChI is InChI=1S/C11H12F2N2O2S2/c12-9-7(11(14)18)1-2-8(10(9)13)15-3-5-19(16,17)6-4-15/h1-2H,3-6H2,(H2,14,18). The highest BCUT2D eigenvalue weighted by Gasteiger charge is 2.25. The molecular weight excluding hydrogens is 294 g/mol. The number of rotatable bonds is 2. The third-order valence-corrected chi connectivity index (χ3v) is 4.84. The Morgan fingerprint density at radius 2 is 1.79 bits per heavy atom. The molecule has 0 amide bonds. The summed E-state index contributed by atoms with van der Waals surface area (Å²) in [4.78, 5) is 1.28. The monoisotopic (exact) mass is 306 g/mol. The van der Waals surface area contributed by atoms with E-state index in [0.29, 0.717) is 0 Å². The summed E-state index contributed by atoms with van der Waals surface area (Å²) >= 11 is 4.62. The fourth-order valence-corrected chi connectivity index (χ4v) is 3.29. The van der Waals surface area contributed by atoms with Crippen molar-refractivity contribution >= 4 is 32.7 Å². The normalized spacial score (nSPS) is 18.3. The molecule has 1 aromatic carbocycles. The first kappa shape index (κ1) is 14.1. The first-order valence-corrected chi connectivity index (χ1v) is 7.78. The fraction of sp³-hybridized carbons (Fsp3) is 0.364. The first-order valence-electron chi connectivity index (χ1n) is 5.55. The molecule has 1 saturated heterocycles. The Hall–Kier alpha value is -1.28. The average Bonchev–Trinajstić information content (AvgIpc) is 2.33. The second kappa shape index (κ2) is 5.01. The van der Waals surface area contributed by atoms with Gasteiger partial charge >= 0.3 is 0 Å². The van der Waals surface area contributed by atoms with Gasteiger partial charge in [0, 0.05) is 18.7 Å². The summed E-state index contributed by atoms with van der Waals surface area (Å²) in [6.45, 7) is 0.288. The van der Waals surface area contributed by atoms with Crippen molar-refractivity contribution in [2.24, 2.45) is 5.73 Å². The maximum atomic E-state index is 13.9. The Morgan fingerprint density at radius 1 is 1.21 bits per heavy atom. The van der Waals surface area contributed by atoms with Crippen LogP contribution in [0.15, 0.2) is 12.1 Å². The molecule has 4 nitrogen and oxygen atoms in total. The highest BCUT2D eigenvalue weighted by Crippen LogP contribution is 2.25. The number of nitrogens with zero attached hydrogens (tertiary/aromatic N) is 1. The van der Waals surface area contributed by atoms with Crippen LogP contribution < -0.4 is 10.6 Å². The smallest absolute Gasteiger partial charge is 0.182 e. The van der Waals surface area contributed by atoms with E-state index in [1.807, 2.05) is 0 Å². The Bertz CT molecular complexity index is 618. The van der Waals surface area contributed by atoms with Crippen molar-refractivity contribution in [2.45, 2.75) is 0 Å². The van der Waals surface area contributed by atoms with Crippen LogP contribution in [-0.2, 0) is 9.84 Å². The highest BCUT2D eigenvalue weighted by molar-refractivity contribution is 7.91. The lowest BCUT2D eigenvalue weighted by Gasteiger charge is -2.29. The summed E-state index contributed by atoms with van der Waals surface area (Å²) in [5, 5.41) is 0. The lowest BCUT2D eigenvalue weighted by atomic mass is 10.1. The predicted octanol–water partition coefficient (Wildman–Crippen LogP) is 0.834. The van der Waals surface area contributed by atoms with Gasteiger partial charge in [-0.3, -0.25) is 0 Å². The van der Waals surface area contributed by atoms with Crippen molar-refractivity contribution in [3.05, 3.63) is 29.3 Å². The zero-order valence-electron chi connectivity index (χ0n) is 9.90. The van der Waals surface area contributed by atoms with Gasteiger partial charge in [-0.2, -0.15) is 0 Å². The Labute approximate surface area is 115 Å². The summed E-state index contributed by atoms with van der Waals surface area (Å²) in [7, 11) is -3.07. The zero-order chi connectivity index (χ0) is 14.2. The summed E-state index contributed by atoms with van der Waals surface area (Å²) in [6.07, 6.45) is 0. The van der Waals surface area contributed by atoms with Crippen LogP contribution in [0.25, 0.3) is 0 Å². The molecular formula is C11H12F2N2O2S2. The molecule has 1 aliphatic rings. The van der Waals surface area contributed by atoms with Crippen LogP contribution in [0.4, 0.5) is 14.5 Å². The number of halogens is 2. The van der Waals surface area contributed by atoms with Crippen LogP contribution in [0, 0.1) is 11.6 Å². The van der Waals surface area contributed by atoms with Gasteiger partial charge in [-0.05, 0) is 12.1 Å². The number of thiocarbonyl (C=S) groups is 1. The number of hydrogen-bond donors (Lipinski definition) is 1. The van der Waals surface area contributed by atoms with Crippen molar-refractivity contribution in [3.63, 3.8) is 0 Å². The molecule has 104 valence electrons. The SMILES string of the molecule is NC(=S)c1ccc(N2CCS(=O)(=O)CC2)c(F)c1F. The molecule has 0 atom stereocenters. The molecule has 0 aliphatic carbocycles. The van der Waals surface area contributed by atoms with Gasteiger partial charge in [0.2, 0.25) is 0 Å². The van der Waals surface area contributed by atoms with Gasteiger partial charge in [0.15, 0.2) is 21.5 Å². The number of nitrogens with two attached hydrogens (primary N) is 1. The Balaban J connectivity index is 2.32. The van der Waals surface area contributed by atoms with Gasteiger partial charge < -0.3 is 10.6 Å². The van der Waals surface area contributed by atoms with Crippen molar-refractivity contribution in [2.75, 3.05) is 29.5 Å². The van der Waals surface area contributed by atoms with E-state index in [1.165, 1.54) is 17.0 Å². The molecule has 0 aromatic heterocycles. The maximum Gasteiger partial charge on any atom is 0.182 e. The third kappa shape index (κ3) is 2.84. The molecule has 1 aromatic rings. The molecule has 19 heavy (non-hydrogen) atoms. The van der Waals surface area contributed by atoms with Crippen molar-refractivity contribution in [3.8, 4) is 0 Å². The molecule has 0 unspecified atom stereocenters. The molecule has 2 N–H and O–H groups in total. The number of benzene rings is 1. The second-order valence-electron chi connectivity index (χ2n) is 4.26. The molecule has 0 saturated carbocycles. The number of anilines is 1. The highest BCUT2D eigenvalue weighted by atomic mass is 32.2. The van der Waals surface area contributed by atoms with Crippen LogP contribution in [0.3, 0.4) is 0 Å². The fourth-order valence-electron chi connectivity index (χ4n) is 1.93. The molecule has 0 spiro atoms. The summed E-state index contributed by atoms with van der Waals surface area (Å²) in [5.74, 6) is -2.28.